The van der Waals surface area contributed by atoms with Crippen molar-refractivity contribution in [3.05, 3.63) is 184 Å². The van der Waals surface area contributed by atoms with E-state index in [0.717, 1.165) is 26.2 Å². The Morgan fingerprint density at radius 2 is 0.638 bits per heavy atom. The second-order valence-corrected chi connectivity index (χ2v) is 15.4. The molecule has 7 rings (SSSR count). The summed E-state index contributed by atoms with van der Waals surface area (Å²) >= 11 is 0. The van der Waals surface area contributed by atoms with Gasteiger partial charge in [0.1, 0.15) is 0 Å². The van der Waals surface area contributed by atoms with Crippen LogP contribution in [0.15, 0.2) is 98.6 Å². The normalized spacial score (nSPS) is 13.5. The molecule has 0 radical (unpaired) electrons. The van der Waals surface area contributed by atoms with E-state index >= 15 is 0 Å². The van der Waals surface area contributed by atoms with Gasteiger partial charge in [0.2, 0.25) is 0 Å². The predicted octanol–water partition coefficient (Wildman–Crippen LogP) is 9.83. The van der Waals surface area contributed by atoms with E-state index in [9.17, 15) is 0 Å². The number of aryl methyl sites for hydroxylation is 8. The molecule has 0 bridgehead atoms. The van der Waals surface area contributed by atoms with Crippen molar-refractivity contribution in [2.45, 2.75) is 55.4 Å². The largest absolute Gasteiger partial charge is 3.00 e. The summed E-state index contributed by atoms with van der Waals surface area (Å²) in [5, 5.41) is 0. The SMILES string of the molecule is C=Cc1cc(C)c(N2[CH-]N(c3c(C)cc(C=C)cc3C)CC2)c(C)c1.C=Cc1cc(C)c(N2[CH-]N(c3c(C)cc(C=Cc4ccccc4)cc3C)CC2)c(C)c1.[Au+3].[Cl-]. The fourth-order valence-corrected chi connectivity index (χ4v) is 8.65. The summed E-state index contributed by atoms with van der Waals surface area (Å²) in [7, 11) is 0. The molecule has 0 unspecified atom stereocenters. The molecule has 0 aromatic heterocycles. The first-order chi connectivity index (χ1) is 26.9. The van der Waals surface area contributed by atoms with Crippen molar-refractivity contribution in [3.8, 4) is 0 Å². The third kappa shape index (κ3) is 10.3. The van der Waals surface area contributed by atoms with Gasteiger partial charge in [-0.15, -0.1) is 0 Å². The third-order valence-electron chi connectivity index (χ3n) is 10.9. The molecule has 2 heterocycles. The van der Waals surface area contributed by atoms with E-state index in [4.69, 9.17) is 0 Å². The van der Waals surface area contributed by atoms with Crippen molar-refractivity contribution in [2.24, 2.45) is 0 Å². The quantitative estimate of drug-likeness (QED) is 0.0830. The van der Waals surface area contributed by atoms with Gasteiger partial charge in [-0.3, -0.25) is 0 Å². The van der Waals surface area contributed by atoms with Crippen molar-refractivity contribution in [1.82, 2.24) is 0 Å². The Hall–Kier alpha value is -4.71. The molecule has 0 aliphatic carbocycles. The fourth-order valence-electron chi connectivity index (χ4n) is 8.65. The van der Waals surface area contributed by atoms with E-state index in [0.29, 0.717) is 0 Å². The van der Waals surface area contributed by atoms with Gasteiger partial charge in [-0.25, -0.2) is 0 Å². The molecular formula is C52H58AuClN4. The molecule has 0 atom stereocenters. The maximum atomic E-state index is 3.91. The topological polar surface area (TPSA) is 13.0 Å². The number of nitrogens with zero attached hydrogens (tertiary/aromatic N) is 4. The molecule has 4 nitrogen and oxygen atoms in total. The van der Waals surface area contributed by atoms with Gasteiger partial charge in [0, 0.05) is 48.9 Å². The molecule has 0 amide bonds. The molecule has 6 heteroatoms. The molecule has 2 saturated heterocycles. The summed E-state index contributed by atoms with van der Waals surface area (Å²) in [6.07, 6.45) is 10.1. The molecule has 5 aromatic rings. The minimum atomic E-state index is 0. The first-order valence-electron chi connectivity index (χ1n) is 19.7. The van der Waals surface area contributed by atoms with E-state index in [1.54, 1.807) is 0 Å². The van der Waals surface area contributed by atoms with E-state index in [1.807, 2.05) is 24.3 Å². The molecule has 304 valence electrons. The number of benzene rings is 5. The molecule has 0 saturated carbocycles. The Balaban J connectivity index is 0.000000253. The smallest absolute Gasteiger partial charge is 1.00 e. The molecule has 2 aliphatic heterocycles. The molecule has 58 heavy (non-hydrogen) atoms. The molecular weight excluding hydrogens is 913 g/mol. The van der Waals surface area contributed by atoms with Crippen LogP contribution in [-0.4, -0.2) is 26.2 Å². The first-order valence-corrected chi connectivity index (χ1v) is 19.7. The Morgan fingerprint density at radius 1 is 0.397 bits per heavy atom. The number of rotatable bonds is 9. The van der Waals surface area contributed by atoms with Crippen LogP contribution in [0.5, 0.6) is 0 Å². The van der Waals surface area contributed by atoms with Gasteiger partial charge in [0.05, 0.1) is 0 Å². The second kappa shape index (κ2) is 20.3. The number of halogens is 1. The van der Waals surface area contributed by atoms with Crippen LogP contribution in [0.3, 0.4) is 0 Å². The zero-order chi connectivity index (χ0) is 40.1. The number of hydrogen-bond acceptors (Lipinski definition) is 4. The monoisotopic (exact) mass is 970 g/mol. The van der Waals surface area contributed by atoms with Crippen molar-refractivity contribution in [1.29, 1.82) is 0 Å². The first kappa shape index (κ1) is 46.0. The van der Waals surface area contributed by atoms with Gasteiger partial charge < -0.3 is 32.0 Å². The number of hydrogen-bond donors (Lipinski definition) is 0. The summed E-state index contributed by atoms with van der Waals surface area (Å²) in [6, 6.07) is 28.3. The van der Waals surface area contributed by atoms with Crippen LogP contribution in [0.1, 0.15) is 72.3 Å². The zero-order valence-electron chi connectivity index (χ0n) is 35.5. The van der Waals surface area contributed by atoms with Gasteiger partial charge in [-0.05, 0) is 128 Å². The van der Waals surface area contributed by atoms with Crippen molar-refractivity contribution in [3.63, 3.8) is 0 Å². The van der Waals surface area contributed by atoms with Crippen molar-refractivity contribution >= 4 is 53.1 Å². The van der Waals surface area contributed by atoms with Crippen molar-refractivity contribution in [2.75, 3.05) is 45.8 Å². The Labute approximate surface area is 371 Å². The molecule has 5 aromatic carbocycles. The molecule has 2 aliphatic rings. The maximum absolute atomic E-state index is 3.91. The standard InChI is InChI=1S/C29H31N2.C23H27N2.Au.ClH/c1-6-25-16-21(2)28(22(3)17-25)30-14-15-31(20-30)29-23(4)18-27(19-24(29)5)13-12-26-10-8-7-9-11-26;1-7-20-11-16(3)22(17(4)12-20)24-9-10-25(15-24)23-18(5)13-21(8-2)14-19(23)6;;/h6-13,16-20H,1,14-15H2,2-5H3;7-8,11-15H,1-2,9-10H2,3-6H3;;1H/q2*-1;+3;/p-1. The summed E-state index contributed by atoms with van der Waals surface area (Å²) in [4.78, 5) is 9.53. The average Bonchev–Trinajstić information content (AvgIpc) is 3.84. The van der Waals surface area contributed by atoms with Gasteiger partial charge in [-0.2, -0.15) is 13.3 Å². The van der Waals surface area contributed by atoms with Crippen molar-refractivity contribution < 1.29 is 34.8 Å². The van der Waals surface area contributed by atoms with Crippen LogP contribution in [0, 0.1) is 68.7 Å². The Morgan fingerprint density at radius 3 is 0.897 bits per heavy atom. The van der Waals surface area contributed by atoms with E-state index < -0.39 is 0 Å². The summed E-state index contributed by atoms with van der Waals surface area (Å²) in [5.74, 6) is 0. The van der Waals surface area contributed by atoms with E-state index in [1.165, 1.54) is 95.1 Å². The average molecular weight is 971 g/mol. The van der Waals surface area contributed by atoms with E-state index in [-0.39, 0.29) is 34.8 Å². The predicted molar refractivity (Wildman–Crippen MR) is 247 cm³/mol. The van der Waals surface area contributed by atoms with Gasteiger partial charge in [0.25, 0.3) is 0 Å². The van der Waals surface area contributed by atoms with Gasteiger partial charge >= 0.3 is 22.4 Å². The van der Waals surface area contributed by atoms with Gasteiger partial charge in [-0.1, -0.05) is 129 Å². The van der Waals surface area contributed by atoms with Crippen LogP contribution < -0.4 is 32.0 Å². The minimum absolute atomic E-state index is 0. The molecule has 0 spiro atoms. The van der Waals surface area contributed by atoms with Crippen LogP contribution in [0.4, 0.5) is 22.7 Å². The summed E-state index contributed by atoms with van der Waals surface area (Å²) in [5.41, 5.74) is 21.6. The Kier molecular flexibility index (Phi) is 16.1. The van der Waals surface area contributed by atoms with Gasteiger partial charge in [0.15, 0.2) is 0 Å². The zero-order valence-corrected chi connectivity index (χ0v) is 38.4. The van der Waals surface area contributed by atoms with Crippen LogP contribution in [0.25, 0.3) is 30.4 Å². The minimum Gasteiger partial charge on any atom is -1.00 e. The summed E-state index contributed by atoms with van der Waals surface area (Å²) in [6.45, 7) is 37.7. The second-order valence-electron chi connectivity index (χ2n) is 15.4. The number of anilines is 4. The maximum Gasteiger partial charge on any atom is 3.00 e. The van der Waals surface area contributed by atoms with Crippen LogP contribution in [-0.2, 0) is 22.4 Å². The molecule has 0 N–H and O–H groups in total. The summed E-state index contributed by atoms with van der Waals surface area (Å²) < 4.78 is 0. The van der Waals surface area contributed by atoms with Crippen LogP contribution in [0.2, 0.25) is 0 Å². The fraction of sp³-hybridized carbons (Fsp3) is 0.231. The third-order valence-corrected chi connectivity index (χ3v) is 10.9. The van der Waals surface area contributed by atoms with E-state index in [2.05, 4.69) is 193 Å². The Bertz CT molecular complexity index is 2130. The molecule has 2 fully saturated rings. The van der Waals surface area contributed by atoms with Crippen LogP contribution >= 0.6 is 0 Å².